The Morgan fingerprint density at radius 3 is 1.52 bits per heavy atom. The molecule has 0 atom stereocenters. The molecule has 5 aromatic carbocycles. The number of hydrogen-bond acceptors (Lipinski definition) is 3. The number of halogens is 2. The molecular weight excluding hydrogens is 600 g/mol. The fourth-order valence-corrected chi connectivity index (χ4v) is 10.9. The van der Waals surface area contributed by atoms with Gasteiger partial charge in [0.05, 0.1) is 15.9 Å². The average molecular weight is 627 g/mol. The van der Waals surface area contributed by atoms with Crippen LogP contribution in [0.2, 0.25) is 10.0 Å². The second-order valence-corrected chi connectivity index (χ2v) is 14.2. The summed E-state index contributed by atoms with van der Waals surface area (Å²) >= 11 is 13.8. The third-order valence-corrected chi connectivity index (χ3v) is 12.5. The highest BCUT2D eigenvalue weighted by atomic mass is 35.5. The largest absolute Gasteiger partial charge is 0.288 e. The highest BCUT2D eigenvalue weighted by Crippen LogP contribution is 2.48. The van der Waals surface area contributed by atoms with E-state index in [9.17, 15) is 9.59 Å². The number of nitrogens with zero attached hydrogens (tertiary/aromatic N) is 1. The molecule has 0 radical (unpaired) electrons. The van der Waals surface area contributed by atoms with E-state index in [1.54, 1.807) is 24.3 Å². The van der Waals surface area contributed by atoms with Gasteiger partial charge in [0, 0.05) is 10.6 Å². The van der Waals surface area contributed by atoms with E-state index in [2.05, 4.69) is 41.4 Å². The van der Waals surface area contributed by atoms with Crippen molar-refractivity contribution >= 4 is 79.8 Å². The maximum absolute atomic E-state index is 14.9. The quantitative estimate of drug-likeness (QED) is 0.0798. The first-order chi connectivity index (χ1) is 20.5. The molecule has 0 aromatic heterocycles. The summed E-state index contributed by atoms with van der Waals surface area (Å²) in [5, 5.41) is 4.34. The first-order valence-corrected chi connectivity index (χ1v) is 16.9. The Bertz CT molecular complexity index is 1710. The summed E-state index contributed by atoms with van der Waals surface area (Å²) in [6.07, 6.45) is 1.84. The highest BCUT2D eigenvalue weighted by molar-refractivity contribution is 8.18. The molecule has 5 aromatic rings. The number of Topliss-reactive ketones (excluding diaryl/α,β-unsaturated/α-hetero) is 1. The summed E-state index contributed by atoms with van der Waals surface area (Å²) < 4.78 is 0. The van der Waals surface area contributed by atoms with E-state index in [0.29, 0.717) is 20.9 Å². The second kappa shape index (κ2) is 13.5. The Kier molecular flexibility index (Phi) is 9.62. The molecule has 5 rings (SSSR count). The van der Waals surface area contributed by atoms with Gasteiger partial charge in [-0.05, 0) is 47.3 Å². The molecule has 0 aliphatic heterocycles. The molecule has 3 nitrogen and oxygen atoms in total. The molecule has 0 aliphatic rings. The van der Waals surface area contributed by atoms with E-state index in [1.165, 1.54) is 17.8 Å². The molecule has 0 spiro atoms. The Morgan fingerprint density at radius 1 is 0.643 bits per heavy atom. The third-order valence-electron chi connectivity index (χ3n) is 6.78. The van der Waals surface area contributed by atoms with E-state index in [0.717, 1.165) is 15.9 Å². The molecule has 7 heteroatoms. The van der Waals surface area contributed by atoms with Crippen LogP contribution >= 0.6 is 41.8 Å². The molecule has 0 saturated heterocycles. The summed E-state index contributed by atoms with van der Waals surface area (Å²) in [6, 6.07) is 43.9. The Hall–Kier alpha value is -3.66. The molecule has 0 fully saturated rings. The van der Waals surface area contributed by atoms with Crippen LogP contribution in [0.25, 0.3) is 0 Å². The van der Waals surface area contributed by atoms with Crippen molar-refractivity contribution in [1.82, 2.24) is 0 Å². The second-order valence-electron chi connectivity index (χ2n) is 9.27. The summed E-state index contributed by atoms with van der Waals surface area (Å²) in [5.41, 5.74) is 0.723. The van der Waals surface area contributed by atoms with Gasteiger partial charge in [-0.15, -0.1) is 11.8 Å². The third kappa shape index (κ3) is 5.95. The van der Waals surface area contributed by atoms with Crippen LogP contribution in [0.15, 0.2) is 145 Å². The van der Waals surface area contributed by atoms with E-state index in [1.807, 2.05) is 79.1 Å². The Labute approximate surface area is 260 Å². The number of aliphatic imine (C=N–C) groups is 1. The van der Waals surface area contributed by atoms with E-state index >= 15 is 0 Å². The lowest BCUT2D eigenvalue weighted by molar-refractivity contribution is 0.100. The Balaban J connectivity index is 1.99. The van der Waals surface area contributed by atoms with E-state index in [4.69, 9.17) is 23.2 Å². The standard InChI is InChI=1S/C35H26Cl2NO2PS/c1-42-35(38-34(40)30-23-22-26(36)24-31(30)37)33(32(39)25-14-6-2-7-15-25)41(27-16-8-3-9-17-27,28-18-10-4-11-19-28)29-20-12-5-13-21-29/h2-24H,1H3. The van der Waals surface area contributed by atoms with Crippen molar-refractivity contribution in [3.05, 3.63) is 161 Å². The Morgan fingerprint density at radius 2 is 1.10 bits per heavy atom. The van der Waals surface area contributed by atoms with Crippen molar-refractivity contribution in [3.8, 4) is 0 Å². The van der Waals surface area contributed by atoms with Gasteiger partial charge in [0.25, 0.3) is 5.91 Å². The van der Waals surface area contributed by atoms with Crippen molar-refractivity contribution in [2.24, 2.45) is 4.99 Å². The van der Waals surface area contributed by atoms with Gasteiger partial charge in [-0.25, -0.2) is 4.99 Å². The van der Waals surface area contributed by atoms with Gasteiger partial charge in [0.15, 0.2) is 5.78 Å². The minimum absolute atomic E-state index is 0.191. The van der Waals surface area contributed by atoms with Crippen LogP contribution in [0, 0.1) is 0 Å². The molecule has 1 amide bonds. The summed E-state index contributed by atoms with van der Waals surface area (Å²) in [6.45, 7) is -2.92. The van der Waals surface area contributed by atoms with E-state index in [-0.39, 0.29) is 16.4 Å². The zero-order valence-corrected chi connectivity index (χ0v) is 25.9. The number of carbonyl (C=O) groups excluding carboxylic acids is 2. The van der Waals surface area contributed by atoms with E-state index < -0.39 is 12.8 Å². The van der Waals surface area contributed by atoms with Gasteiger partial charge in [-0.1, -0.05) is 145 Å². The minimum atomic E-state index is -2.92. The zero-order chi connectivity index (χ0) is 29.5. The van der Waals surface area contributed by atoms with Crippen molar-refractivity contribution in [1.29, 1.82) is 0 Å². The van der Waals surface area contributed by atoms with Crippen molar-refractivity contribution in [2.45, 2.75) is 0 Å². The monoisotopic (exact) mass is 625 g/mol. The molecule has 0 heterocycles. The molecule has 0 unspecified atom stereocenters. The topological polar surface area (TPSA) is 46.5 Å². The minimum Gasteiger partial charge on any atom is -0.288 e. The van der Waals surface area contributed by atoms with Gasteiger partial charge in [0.2, 0.25) is 0 Å². The van der Waals surface area contributed by atoms with Crippen LogP contribution in [-0.2, 0) is 0 Å². The molecule has 208 valence electrons. The van der Waals surface area contributed by atoms with Crippen molar-refractivity contribution in [2.75, 3.05) is 6.26 Å². The van der Waals surface area contributed by atoms with Gasteiger partial charge < -0.3 is 0 Å². The lowest BCUT2D eigenvalue weighted by Gasteiger charge is -2.32. The lowest BCUT2D eigenvalue weighted by Crippen LogP contribution is -2.37. The van der Waals surface area contributed by atoms with Crippen molar-refractivity contribution < 1.29 is 9.59 Å². The van der Waals surface area contributed by atoms with Gasteiger partial charge >= 0.3 is 0 Å². The number of hydrogen-bond donors (Lipinski definition) is 0. The average Bonchev–Trinajstić information content (AvgIpc) is 3.04. The number of amides is 1. The van der Waals surface area contributed by atoms with Crippen LogP contribution in [0.3, 0.4) is 0 Å². The maximum atomic E-state index is 14.9. The van der Waals surface area contributed by atoms with Gasteiger partial charge in [0.1, 0.15) is 5.04 Å². The molecule has 0 N–H and O–H groups in total. The fraction of sp³-hybridized carbons (Fsp3) is 0.0286. The number of rotatable bonds is 7. The zero-order valence-electron chi connectivity index (χ0n) is 22.7. The first kappa shape index (κ1) is 29.8. The molecule has 0 saturated carbocycles. The first-order valence-electron chi connectivity index (χ1n) is 13.1. The summed E-state index contributed by atoms with van der Waals surface area (Å²) in [5.74, 6) is -0.741. The van der Waals surface area contributed by atoms with Gasteiger partial charge in [-0.2, -0.15) is 0 Å². The summed E-state index contributed by atoms with van der Waals surface area (Å²) in [7, 11) is 0. The summed E-state index contributed by atoms with van der Waals surface area (Å²) in [4.78, 5) is 33.2. The normalized spacial score (nSPS) is 11.6. The van der Waals surface area contributed by atoms with Crippen LogP contribution in [0.4, 0.5) is 0 Å². The predicted molar refractivity (Wildman–Crippen MR) is 183 cm³/mol. The number of ketones is 1. The van der Waals surface area contributed by atoms with Crippen molar-refractivity contribution in [3.63, 3.8) is 0 Å². The molecule has 42 heavy (non-hydrogen) atoms. The number of benzene rings is 5. The predicted octanol–water partition coefficient (Wildman–Crippen LogP) is 7.94. The van der Waals surface area contributed by atoms with Crippen LogP contribution in [0.1, 0.15) is 20.7 Å². The highest BCUT2D eigenvalue weighted by Gasteiger charge is 2.36. The van der Waals surface area contributed by atoms with Crippen LogP contribution in [0.5, 0.6) is 0 Å². The van der Waals surface area contributed by atoms with Gasteiger partial charge in [-0.3, -0.25) is 9.59 Å². The SMILES string of the molecule is CSC(=NC(=O)c1ccc(Cl)cc1Cl)C(C(=O)c1ccccc1)=P(c1ccccc1)(c1ccccc1)c1ccccc1. The maximum Gasteiger partial charge on any atom is 0.279 e. The lowest BCUT2D eigenvalue weighted by atomic mass is 10.1. The van der Waals surface area contributed by atoms with Crippen LogP contribution in [-0.4, -0.2) is 28.3 Å². The number of thioether (sulfide) groups is 1. The smallest absolute Gasteiger partial charge is 0.279 e. The molecular formula is C35H26Cl2NO2PS. The molecule has 0 bridgehead atoms. The van der Waals surface area contributed by atoms with Crippen LogP contribution < -0.4 is 15.9 Å². The number of carbonyl (C=O) groups is 2. The molecule has 0 aliphatic carbocycles. The fourth-order valence-electron chi connectivity index (χ4n) is 4.92.